The summed E-state index contributed by atoms with van der Waals surface area (Å²) >= 11 is 0. The fourth-order valence-electron chi connectivity index (χ4n) is 2.63. The number of benzene rings is 2. The van der Waals surface area contributed by atoms with Crippen LogP contribution in [0.4, 0.5) is 0 Å². The number of carbonyl (C=O) groups excluding carboxylic acids is 3. The summed E-state index contributed by atoms with van der Waals surface area (Å²) in [5.41, 5.74) is -0.0717. The van der Waals surface area contributed by atoms with E-state index in [1.54, 1.807) is 26.0 Å². The van der Waals surface area contributed by atoms with E-state index in [0.29, 0.717) is 5.06 Å². The first-order valence-corrected chi connectivity index (χ1v) is 9.52. The number of carbonyl (C=O) groups is 3. The Morgan fingerprint density at radius 2 is 1.48 bits per heavy atom. The molecular formula is C18H16N2O6S. The minimum absolute atomic E-state index is 0.109. The first-order chi connectivity index (χ1) is 12.7. The highest BCUT2D eigenvalue weighted by atomic mass is 32.2. The van der Waals surface area contributed by atoms with Crippen LogP contribution in [0.2, 0.25) is 0 Å². The normalized spacial score (nSPS) is 13.8. The summed E-state index contributed by atoms with van der Waals surface area (Å²) in [5.74, 6) is -2.71. The minimum Gasteiger partial charge on any atom is -0.324 e. The standard InChI is InChI=1S/C18H16N2O6S/c1-11(2)19-27(24,25)15-10-6-5-9-14(15)18(23)26-20-16(21)12-7-3-4-8-13(12)17(20)22/h3-11,19H,1-2H3. The second-order valence-electron chi connectivity index (χ2n) is 6.10. The Bertz CT molecular complexity index is 1010. The molecule has 0 atom stereocenters. The molecule has 1 N–H and O–H groups in total. The molecule has 2 aromatic rings. The molecule has 0 saturated heterocycles. The lowest BCUT2D eigenvalue weighted by Crippen LogP contribution is -2.34. The van der Waals surface area contributed by atoms with Crippen LogP contribution >= 0.6 is 0 Å². The topological polar surface area (TPSA) is 110 Å². The van der Waals surface area contributed by atoms with Gasteiger partial charge in [0.1, 0.15) is 0 Å². The molecule has 140 valence electrons. The molecule has 3 rings (SSSR count). The summed E-state index contributed by atoms with van der Waals surface area (Å²) < 4.78 is 27.3. The van der Waals surface area contributed by atoms with Crippen molar-refractivity contribution in [2.75, 3.05) is 0 Å². The Morgan fingerprint density at radius 1 is 0.963 bits per heavy atom. The number of hydrogen-bond acceptors (Lipinski definition) is 6. The van der Waals surface area contributed by atoms with Crippen molar-refractivity contribution < 1.29 is 27.6 Å². The van der Waals surface area contributed by atoms with Crippen molar-refractivity contribution in [1.82, 2.24) is 9.79 Å². The lowest BCUT2D eigenvalue weighted by atomic mass is 10.1. The zero-order valence-electron chi connectivity index (χ0n) is 14.5. The van der Waals surface area contributed by atoms with Gasteiger partial charge in [0.2, 0.25) is 10.0 Å². The van der Waals surface area contributed by atoms with Gasteiger partial charge in [-0.2, -0.15) is 0 Å². The van der Waals surface area contributed by atoms with Gasteiger partial charge in [0.25, 0.3) is 11.8 Å². The van der Waals surface area contributed by atoms with Gasteiger partial charge in [-0.25, -0.2) is 17.9 Å². The van der Waals surface area contributed by atoms with E-state index in [-0.39, 0.29) is 21.6 Å². The molecule has 1 aliphatic rings. The summed E-state index contributed by atoms with van der Waals surface area (Å²) in [4.78, 5) is 41.8. The van der Waals surface area contributed by atoms with Crippen molar-refractivity contribution in [2.24, 2.45) is 0 Å². The Morgan fingerprint density at radius 3 is 2.04 bits per heavy atom. The molecule has 0 bridgehead atoms. The third-order valence-corrected chi connectivity index (χ3v) is 5.44. The number of fused-ring (bicyclic) bond motifs is 1. The van der Waals surface area contributed by atoms with Crippen LogP contribution < -0.4 is 4.72 Å². The van der Waals surface area contributed by atoms with Crippen molar-refractivity contribution in [3.05, 3.63) is 65.2 Å². The number of nitrogens with zero attached hydrogens (tertiary/aromatic N) is 1. The van der Waals surface area contributed by atoms with E-state index >= 15 is 0 Å². The average molecular weight is 388 g/mol. The van der Waals surface area contributed by atoms with Gasteiger partial charge >= 0.3 is 5.97 Å². The highest BCUT2D eigenvalue weighted by Crippen LogP contribution is 2.24. The summed E-state index contributed by atoms with van der Waals surface area (Å²) in [6.07, 6.45) is 0. The number of rotatable bonds is 5. The molecule has 2 aromatic carbocycles. The summed E-state index contributed by atoms with van der Waals surface area (Å²) in [5, 5.41) is 0.340. The smallest absolute Gasteiger partial charge is 0.324 e. The van der Waals surface area contributed by atoms with Crippen LogP contribution in [0, 0.1) is 0 Å². The molecule has 0 aliphatic carbocycles. The van der Waals surface area contributed by atoms with E-state index in [1.165, 1.54) is 36.4 Å². The average Bonchev–Trinajstić information content (AvgIpc) is 2.86. The van der Waals surface area contributed by atoms with Gasteiger partial charge in [0, 0.05) is 6.04 Å². The van der Waals surface area contributed by atoms with E-state index in [9.17, 15) is 22.8 Å². The van der Waals surface area contributed by atoms with Gasteiger partial charge in [0.15, 0.2) is 0 Å². The van der Waals surface area contributed by atoms with Crippen LogP contribution in [0.25, 0.3) is 0 Å². The maximum absolute atomic E-state index is 12.5. The van der Waals surface area contributed by atoms with Crippen LogP contribution in [0.3, 0.4) is 0 Å². The number of nitrogens with one attached hydrogen (secondary N) is 1. The molecule has 0 unspecified atom stereocenters. The van der Waals surface area contributed by atoms with Gasteiger partial charge in [-0.15, -0.1) is 0 Å². The molecule has 0 fully saturated rings. The number of hydrogen-bond donors (Lipinski definition) is 1. The molecule has 0 saturated carbocycles. The molecule has 27 heavy (non-hydrogen) atoms. The summed E-state index contributed by atoms with van der Waals surface area (Å²) in [7, 11) is -3.99. The van der Waals surface area contributed by atoms with Gasteiger partial charge in [-0.05, 0) is 38.1 Å². The predicted molar refractivity (Wildman–Crippen MR) is 94.3 cm³/mol. The molecule has 0 radical (unpaired) electrons. The van der Waals surface area contributed by atoms with Crippen LogP contribution in [-0.4, -0.2) is 37.3 Å². The van der Waals surface area contributed by atoms with E-state index < -0.39 is 33.8 Å². The number of sulfonamides is 1. The van der Waals surface area contributed by atoms with Crippen LogP contribution in [0.15, 0.2) is 53.4 Å². The van der Waals surface area contributed by atoms with Gasteiger partial charge in [0.05, 0.1) is 21.6 Å². The van der Waals surface area contributed by atoms with Crippen molar-refractivity contribution in [1.29, 1.82) is 0 Å². The Hall–Kier alpha value is -3.04. The summed E-state index contributed by atoms with van der Waals surface area (Å²) in [6, 6.07) is 11.0. The Kier molecular flexibility index (Phi) is 4.81. The number of hydroxylamine groups is 2. The first-order valence-electron chi connectivity index (χ1n) is 8.04. The van der Waals surface area contributed by atoms with Crippen LogP contribution in [0.5, 0.6) is 0 Å². The van der Waals surface area contributed by atoms with Crippen molar-refractivity contribution in [3.63, 3.8) is 0 Å². The van der Waals surface area contributed by atoms with E-state index in [0.717, 1.165) is 0 Å². The molecule has 8 nitrogen and oxygen atoms in total. The van der Waals surface area contributed by atoms with Crippen molar-refractivity contribution in [2.45, 2.75) is 24.8 Å². The van der Waals surface area contributed by atoms with E-state index in [2.05, 4.69) is 4.72 Å². The second-order valence-corrected chi connectivity index (χ2v) is 7.78. The lowest BCUT2D eigenvalue weighted by Gasteiger charge is -2.15. The molecule has 9 heteroatoms. The monoisotopic (exact) mass is 388 g/mol. The molecular weight excluding hydrogens is 372 g/mol. The van der Waals surface area contributed by atoms with Gasteiger partial charge in [-0.3, -0.25) is 9.59 Å². The highest BCUT2D eigenvalue weighted by molar-refractivity contribution is 7.89. The van der Waals surface area contributed by atoms with Crippen LogP contribution in [0.1, 0.15) is 44.9 Å². The highest BCUT2D eigenvalue weighted by Gasteiger charge is 2.39. The number of amides is 2. The van der Waals surface area contributed by atoms with Gasteiger partial charge < -0.3 is 4.84 Å². The largest absolute Gasteiger partial charge is 0.365 e. The zero-order valence-corrected chi connectivity index (χ0v) is 15.3. The maximum Gasteiger partial charge on any atom is 0.365 e. The Balaban J connectivity index is 1.91. The van der Waals surface area contributed by atoms with E-state index in [4.69, 9.17) is 4.84 Å². The van der Waals surface area contributed by atoms with Crippen molar-refractivity contribution in [3.8, 4) is 0 Å². The number of imide groups is 1. The SMILES string of the molecule is CC(C)NS(=O)(=O)c1ccccc1C(=O)ON1C(=O)c2ccccc2C1=O. The third-order valence-electron chi connectivity index (χ3n) is 3.72. The minimum atomic E-state index is -3.99. The molecule has 2 amide bonds. The quantitative estimate of drug-likeness (QED) is 0.782. The fourth-order valence-corrected chi connectivity index (χ4v) is 4.07. The lowest BCUT2D eigenvalue weighted by molar-refractivity contribution is -0.0587. The second kappa shape index (κ2) is 6.93. The Labute approximate surface area is 155 Å². The third kappa shape index (κ3) is 3.46. The van der Waals surface area contributed by atoms with Crippen LogP contribution in [-0.2, 0) is 14.9 Å². The zero-order chi connectivity index (χ0) is 19.8. The van der Waals surface area contributed by atoms with Crippen molar-refractivity contribution >= 4 is 27.8 Å². The fraction of sp³-hybridized carbons (Fsp3) is 0.167. The summed E-state index contributed by atoms with van der Waals surface area (Å²) in [6.45, 7) is 3.27. The first kappa shape index (κ1) is 18.7. The molecule has 0 spiro atoms. The molecule has 1 heterocycles. The predicted octanol–water partition coefficient (Wildman–Crippen LogP) is 1.74. The van der Waals surface area contributed by atoms with Gasteiger partial charge in [-0.1, -0.05) is 29.3 Å². The molecule has 1 aliphatic heterocycles. The van der Waals surface area contributed by atoms with E-state index in [1.807, 2.05) is 0 Å². The maximum atomic E-state index is 12.5. The molecule has 0 aromatic heterocycles.